The number of nitrogens with zero attached hydrogens (tertiary/aromatic N) is 2. The van der Waals surface area contributed by atoms with Crippen LogP contribution >= 0.6 is 11.3 Å². The Morgan fingerprint density at radius 2 is 2.03 bits per heavy atom. The lowest BCUT2D eigenvalue weighted by Gasteiger charge is -2.44. The van der Waals surface area contributed by atoms with Crippen molar-refractivity contribution in [1.29, 1.82) is 0 Å². The van der Waals surface area contributed by atoms with Gasteiger partial charge >= 0.3 is 0 Å². The maximum Gasteiger partial charge on any atom is 0.287 e. The zero-order valence-corrected chi connectivity index (χ0v) is 22.3. The average molecular weight is 543 g/mol. The minimum Gasteiger partial charge on any atom is -0.511 e. The van der Waals surface area contributed by atoms with Gasteiger partial charge in [0, 0.05) is 30.6 Å². The second kappa shape index (κ2) is 8.56. The molecule has 0 aromatic carbocycles. The normalized spacial score (nSPS) is 29.3. The van der Waals surface area contributed by atoms with Crippen molar-refractivity contribution < 1.29 is 26.7 Å². The van der Waals surface area contributed by atoms with Gasteiger partial charge in [0.15, 0.2) is 5.84 Å². The van der Waals surface area contributed by atoms with Gasteiger partial charge in [-0.1, -0.05) is 13.8 Å². The first-order chi connectivity index (χ1) is 16.4. The summed E-state index contributed by atoms with van der Waals surface area (Å²) in [4.78, 5) is 15.5. The molecule has 10 nitrogen and oxygen atoms in total. The molecule has 2 fully saturated rings. The van der Waals surface area contributed by atoms with Crippen LogP contribution in [0.1, 0.15) is 45.1 Å². The lowest BCUT2D eigenvalue weighted by Crippen LogP contribution is -2.54. The van der Waals surface area contributed by atoms with E-state index in [9.17, 15) is 26.7 Å². The van der Waals surface area contributed by atoms with Crippen LogP contribution in [0.2, 0.25) is 0 Å². The number of sulfonamides is 2. The zero-order chi connectivity index (χ0) is 25.3. The van der Waals surface area contributed by atoms with E-state index in [-0.39, 0.29) is 57.1 Å². The van der Waals surface area contributed by atoms with Crippen LogP contribution in [0.15, 0.2) is 26.0 Å². The van der Waals surface area contributed by atoms with E-state index in [0.29, 0.717) is 18.4 Å². The minimum absolute atomic E-state index is 0.0597. The summed E-state index contributed by atoms with van der Waals surface area (Å²) in [5.74, 6) is 0.178. The number of carbonyl (C=O) groups is 1. The van der Waals surface area contributed by atoms with E-state index < -0.39 is 26.0 Å². The summed E-state index contributed by atoms with van der Waals surface area (Å²) >= 11 is 1.09. The van der Waals surface area contributed by atoms with Crippen molar-refractivity contribution in [1.82, 2.24) is 9.62 Å². The average Bonchev–Trinajstić information content (AvgIpc) is 3.46. The summed E-state index contributed by atoms with van der Waals surface area (Å²) < 4.78 is 55.5. The third-order valence-electron chi connectivity index (χ3n) is 7.51. The molecule has 3 N–H and O–H groups in total. The van der Waals surface area contributed by atoms with E-state index >= 15 is 0 Å². The number of aliphatic hydroxyl groups is 1. The van der Waals surface area contributed by atoms with Gasteiger partial charge in [-0.05, 0) is 48.8 Å². The van der Waals surface area contributed by atoms with Crippen LogP contribution in [0.4, 0.5) is 5.00 Å². The fraction of sp³-hybridized carbons (Fsp3) is 0.636. The largest absolute Gasteiger partial charge is 0.511 e. The highest BCUT2D eigenvalue weighted by atomic mass is 32.2. The van der Waals surface area contributed by atoms with Gasteiger partial charge in [0.05, 0.1) is 6.26 Å². The molecule has 13 heteroatoms. The van der Waals surface area contributed by atoms with Gasteiger partial charge in [-0.25, -0.2) is 13.1 Å². The van der Waals surface area contributed by atoms with Crippen molar-refractivity contribution in [3.8, 4) is 0 Å². The summed E-state index contributed by atoms with van der Waals surface area (Å²) in [7, 11) is -7.76. The molecule has 0 saturated heterocycles. The number of anilines is 1. The molecule has 2 aliphatic heterocycles. The lowest BCUT2D eigenvalue weighted by molar-refractivity contribution is -0.133. The van der Waals surface area contributed by atoms with E-state index in [1.54, 1.807) is 5.38 Å². The standard InChI is InChI=1S/C22H30N4O6S3/c1-11(2)6-7-26-17-13-5-4-12(8-13)15(17)18(27)16(22(26)28)20-24-21-19(35(31,32)25-20)14(10-33-21)9-23-34(3,29)30/h10-13,15,17,23,27H,4-9H2,1-3H3,(H,24,25)/t12-,13+,15?,17?/m1/s1. The van der Waals surface area contributed by atoms with E-state index in [2.05, 4.69) is 28.3 Å². The van der Waals surface area contributed by atoms with Crippen molar-refractivity contribution >= 4 is 48.1 Å². The molecule has 192 valence electrons. The molecule has 2 bridgehead atoms. The first kappa shape index (κ1) is 24.7. The second-order valence-electron chi connectivity index (χ2n) is 10.3. The third kappa shape index (κ3) is 4.30. The number of nitrogens with one attached hydrogen (secondary N) is 2. The number of amides is 1. The van der Waals surface area contributed by atoms with Crippen molar-refractivity contribution in [3.05, 3.63) is 22.3 Å². The maximum atomic E-state index is 13.7. The SMILES string of the molecule is CC(C)CCN1C(=O)C(C2=NS(=O)(=O)c3c(CNS(C)(=O)=O)csc3N2)=C(O)C2C1[C@H]1CC[C@@H]2C1. The summed E-state index contributed by atoms with van der Waals surface area (Å²) in [5, 5.41) is 16.1. The Hall–Kier alpha value is -1.96. The molecule has 0 spiro atoms. The number of amidine groups is 1. The van der Waals surface area contributed by atoms with Crippen LogP contribution in [0.5, 0.6) is 0 Å². The van der Waals surface area contributed by atoms with Gasteiger partial charge in [-0.2, -0.15) is 8.42 Å². The summed E-state index contributed by atoms with van der Waals surface area (Å²) in [6, 6.07) is -0.0597. The van der Waals surface area contributed by atoms with Crippen molar-refractivity contribution in [3.63, 3.8) is 0 Å². The molecule has 1 aromatic heterocycles. The summed E-state index contributed by atoms with van der Waals surface area (Å²) in [5.41, 5.74) is 0.201. The number of hydrogen-bond acceptors (Lipinski definition) is 8. The van der Waals surface area contributed by atoms with Crippen LogP contribution in [0, 0.1) is 23.7 Å². The van der Waals surface area contributed by atoms with Crippen molar-refractivity contribution in [2.45, 2.75) is 57.0 Å². The van der Waals surface area contributed by atoms with E-state index in [1.165, 1.54) is 0 Å². The molecule has 0 radical (unpaired) electrons. The monoisotopic (exact) mass is 542 g/mol. The Kier molecular flexibility index (Phi) is 6.05. The molecule has 35 heavy (non-hydrogen) atoms. The van der Waals surface area contributed by atoms with Crippen LogP contribution in [0.25, 0.3) is 0 Å². The fourth-order valence-electron chi connectivity index (χ4n) is 6.01. The van der Waals surface area contributed by atoms with Gasteiger partial charge < -0.3 is 15.3 Å². The van der Waals surface area contributed by atoms with Gasteiger partial charge in [0.1, 0.15) is 21.2 Å². The molecule has 2 saturated carbocycles. The van der Waals surface area contributed by atoms with Crippen LogP contribution in [-0.4, -0.2) is 57.4 Å². The molecule has 5 rings (SSSR count). The molecule has 4 atom stereocenters. The highest BCUT2D eigenvalue weighted by molar-refractivity contribution is 7.91. The van der Waals surface area contributed by atoms with Crippen LogP contribution in [-0.2, 0) is 31.4 Å². The summed E-state index contributed by atoms with van der Waals surface area (Å²) in [6.45, 7) is 4.53. The quantitative estimate of drug-likeness (QED) is 0.480. The molecule has 3 heterocycles. The second-order valence-corrected chi connectivity index (χ2v) is 14.6. The fourth-order valence-corrected chi connectivity index (χ4v) is 9.03. The van der Waals surface area contributed by atoms with Crippen LogP contribution in [0.3, 0.4) is 0 Å². The van der Waals surface area contributed by atoms with E-state index in [4.69, 9.17) is 0 Å². The Morgan fingerprint density at radius 1 is 1.31 bits per heavy atom. The number of hydrogen-bond donors (Lipinski definition) is 3. The van der Waals surface area contributed by atoms with Crippen molar-refractivity contribution in [2.24, 2.45) is 28.1 Å². The number of fused-ring (bicyclic) bond motifs is 6. The highest BCUT2D eigenvalue weighted by Gasteiger charge is 2.57. The third-order valence-corrected chi connectivity index (χ3v) is 10.7. The number of thiophene rings is 1. The molecular formula is C22H30N4O6S3. The Bertz CT molecular complexity index is 1340. The maximum absolute atomic E-state index is 13.7. The Balaban J connectivity index is 1.53. The lowest BCUT2D eigenvalue weighted by atomic mass is 9.77. The van der Waals surface area contributed by atoms with E-state index in [1.807, 2.05) is 4.90 Å². The first-order valence-electron chi connectivity index (χ1n) is 11.8. The molecule has 2 aliphatic carbocycles. The molecule has 1 aromatic rings. The Morgan fingerprint density at radius 3 is 2.71 bits per heavy atom. The van der Waals surface area contributed by atoms with Gasteiger partial charge in [-0.3, -0.25) is 4.79 Å². The van der Waals surface area contributed by atoms with Crippen LogP contribution < -0.4 is 10.0 Å². The smallest absolute Gasteiger partial charge is 0.287 e. The van der Waals surface area contributed by atoms with Gasteiger partial charge in [0.25, 0.3) is 15.9 Å². The number of rotatable bonds is 7. The number of carbonyl (C=O) groups excluding carboxylic acids is 1. The first-order valence-corrected chi connectivity index (χ1v) is 16.0. The van der Waals surface area contributed by atoms with E-state index in [0.717, 1.165) is 43.3 Å². The minimum atomic E-state index is -4.23. The topological polar surface area (TPSA) is 145 Å². The molecular weight excluding hydrogens is 512 g/mol. The Labute approximate surface area is 209 Å². The zero-order valence-electron chi connectivity index (χ0n) is 19.8. The highest BCUT2D eigenvalue weighted by Crippen LogP contribution is 2.55. The molecule has 1 amide bonds. The molecule has 2 unspecified atom stereocenters. The number of aliphatic hydroxyl groups excluding tert-OH is 1. The summed E-state index contributed by atoms with van der Waals surface area (Å²) in [6.07, 6.45) is 4.79. The van der Waals surface area contributed by atoms with Crippen molar-refractivity contribution in [2.75, 3.05) is 18.1 Å². The predicted octanol–water partition coefficient (Wildman–Crippen LogP) is 2.43. The van der Waals surface area contributed by atoms with Gasteiger partial charge in [-0.15, -0.1) is 15.7 Å². The predicted molar refractivity (Wildman–Crippen MR) is 133 cm³/mol. The molecule has 4 aliphatic rings. The van der Waals surface area contributed by atoms with Gasteiger partial charge in [0.2, 0.25) is 10.0 Å².